The van der Waals surface area contributed by atoms with Crippen LogP contribution in [0.15, 0.2) is 48.5 Å². The Balaban J connectivity index is 2.04. The standard InChI is InChI=1S/C18H18F2O/c19-16-10-9-14(12-17(16)20)18(21)11-5-4-8-15(18)13-6-2-1-3-7-13/h1-3,6-7,9-10,12,15,21H,4-5,8,11H2. The van der Waals surface area contributed by atoms with Crippen molar-refractivity contribution in [3.8, 4) is 0 Å². The van der Waals surface area contributed by atoms with Crippen molar-refractivity contribution in [3.05, 3.63) is 71.3 Å². The first-order chi connectivity index (χ1) is 10.1. The van der Waals surface area contributed by atoms with Crippen molar-refractivity contribution in [1.29, 1.82) is 0 Å². The van der Waals surface area contributed by atoms with Gasteiger partial charge in [-0.1, -0.05) is 49.2 Å². The van der Waals surface area contributed by atoms with Gasteiger partial charge in [0.1, 0.15) is 0 Å². The SMILES string of the molecule is OC1(c2ccc(F)c(F)c2)CCCCC1c1ccccc1. The molecule has 3 heteroatoms. The smallest absolute Gasteiger partial charge is 0.159 e. The summed E-state index contributed by atoms with van der Waals surface area (Å²) >= 11 is 0. The monoisotopic (exact) mass is 288 g/mol. The number of aliphatic hydroxyl groups is 1. The molecule has 1 N–H and O–H groups in total. The maximum atomic E-state index is 13.5. The number of halogens is 2. The Labute approximate surface area is 123 Å². The Kier molecular flexibility index (Phi) is 3.77. The summed E-state index contributed by atoms with van der Waals surface area (Å²) in [5, 5.41) is 11.2. The summed E-state index contributed by atoms with van der Waals surface area (Å²) in [7, 11) is 0. The van der Waals surface area contributed by atoms with Gasteiger partial charge in [-0.3, -0.25) is 0 Å². The third kappa shape index (κ3) is 2.58. The minimum Gasteiger partial charge on any atom is -0.385 e. The lowest BCUT2D eigenvalue weighted by Crippen LogP contribution is -2.36. The number of benzene rings is 2. The number of hydrogen-bond donors (Lipinski definition) is 1. The van der Waals surface area contributed by atoms with E-state index in [-0.39, 0.29) is 5.92 Å². The molecule has 3 rings (SSSR count). The summed E-state index contributed by atoms with van der Waals surface area (Å²) in [5.74, 6) is -1.87. The van der Waals surface area contributed by atoms with Gasteiger partial charge in [-0.15, -0.1) is 0 Å². The van der Waals surface area contributed by atoms with Crippen LogP contribution in [-0.2, 0) is 5.60 Å². The highest BCUT2D eigenvalue weighted by Crippen LogP contribution is 2.47. The maximum absolute atomic E-state index is 13.5. The molecule has 0 heterocycles. The molecule has 2 aromatic carbocycles. The van der Waals surface area contributed by atoms with Crippen LogP contribution in [0.4, 0.5) is 8.78 Å². The van der Waals surface area contributed by atoms with Crippen LogP contribution < -0.4 is 0 Å². The van der Waals surface area contributed by atoms with Gasteiger partial charge in [0.15, 0.2) is 11.6 Å². The minimum atomic E-state index is -1.13. The van der Waals surface area contributed by atoms with Gasteiger partial charge in [-0.2, -0.15) is 0 Å². The van der Waals surface area contributed by atoms with Crippen LogP contribution in [0.2, 0.25) is 0 Å². The molecule has 1 nitrogen and oxygen atoms in total. The first kappa shape index (κ1) is 14.2. The molecule has 0 aliphatic heterocycles. The van der Waals surface area contributed by atoms with Crippen molar-refractivity contribution >= 4 is 0 Å². The third-order valence-corrected chi connectivity index (χ3v) is 4.50. The van der Waals surface area contributed by atoms with Gasteiger partial charge in [0.25, 0.3) is 0 Å². The molecule has 2 atom stereocenters. The fourth-order valence-electron chi connectivity index (χ4n) is 3.39. The van der Waals surface area contributed by atoms with E-state index in [0.717, 1.165) is 37.0 Å². The summed E-state index contributed by atoms with van der Waals surface area (Å²) in [4.78, 5) is 0. The fraction of sp³-hybridized carbons (Fsp3) is 0.333. The quantitative estimate of drug-likeness (QED) is 0.862. The van der Waals surface area contributed by atoms with Crippen LogP contribution in [0.1, 0.15) is 42.7 Å². The summed E-state index contributed by atoms with van der Waals surface area (Å²) < 4.78 is 26.7. The highest BCUT2D eigenvalue weighted by Gasteiger charge is 2.41. The van der Waals surface area contributed by atoms with E-state index >= 15 is 0 Å². The van der Waals surface area contributed by atoms with Gasteiger partial charge < -0.3 is 5.11 Å². The average Bonchev–Trinajstić information content (AvgIpc) is 2.51. The van der Waals surface area contributed by atoms with E-state index in [1.54, 1.807) is 0 Å². The van der Waals surface area contributed by atoms with Gasteiger partial charge in [-0.25, -0.2) is 8.78 Å². The lowest BCUT2D eigenvalue weighted by atomic mass is 9.68. The Morgan fingerprint density at radius 2 is 1.71 bits per heavy atom. The molecule has 1 aliphatic carbocycles. The summed E-state index contributed by atoms with van der Waals surface area (Å²) in [6, 6.07) is 13.5. The molecular formula is C18H18F2O. The fourth-order valence-corrected chi connectivity index (χ4v) is 3.39. The van der Waals surface area contributed by atoms with Crippen LogP contribution in [-0.4, -0.2) is 5.11 Å². The molecule has 1 aliphatic rings. The van der Waals surface area contributed by atoms with Crippen LogP contribution in [0, 0.1) is 11.6 Å². The van der Waals surface area contributed by atoms with Crippen molar-refractivity contribution in [1.82, 2.24) is 0 Å². The van der Waals surface area contributed by atoms with Crippen LogP contribution in [0.25, 0.3) is 0 Å². The molecule has 110 valence electrons. The van der Waals surface area contributed by atoms with Gasteiger partial charge in [0, 0.05) is 5.92 Å². The largest absolute Gasteiger partial charge is 0.385 e. The van der Waals surface area contributed by atoms with E-state index in [0.29, 0.717) is 12.0 Å². The Morgan fingerprint density at radius 3 is 2.43 bits per heavy atom. The van der Waals surface area contributed by atoms with Gasteiger partial charge in [0.2, 0.25) is 0 Å². The van der Waals surface area contributed by atoms with E-state index in [9.17, 15) is 13.9 Å². The van der Waals surface area contributed by atoms with E-state index in [1.807, 2.05) is 30.3 Å². The molecule has 21 heavy (non-hydrogen) atoms. The Morgan fingerprint density at radius 1 is 0.952 bits per heavy atom. The van der Waals surface area contributed by atoms with Crippen molar-refractivity contribution in [2.75, 3.05) is 0 Å². The second-order valence-corrected chi connectivity index (χ2v) is 5.76. The van der Waals surface area contributed by atoms with Crippen molar-refractivity contribution < 1.29 is 13.9 Å². The molecule has 0 aromatic heterocycles. The minimum absolute atomic E-state index is 0.0858. The van der Waals surface area contributed by atoms with Crippen LogP contribution >= 0.6 is 0 Å². The van der Waals surface area contributed by atoms with E-state index in [1.165, 1.54) is 6.07 Å². The molecule has 0 spiro atoms. The molecule has 0 bridgehead atoms. The Hall–Kier alpha value is -1.74. The third-order valence-electron chi connectivity index (χ3n) is 4.50. The molecular weight excluding hydrogens is 270 g/mol. The molecule has 2 unspecified atom stereocenters. The first-order valence-corrected chi connectivity index (χ1v) is 7.34. The predicted octanol–water partition coefficient (Wildman–Crippen LogP) is 4.51. The normalized spacial score (nSPS) is 25.8. The van der Waals surface area contributed by atoms with Crippen molar-refractivity contribution in [2.24, 2.45) is 0 Å². The number of rotatable bonds is 2. The van der Waals surface area contributed by atoms with Gasteiger partial charge >= 0.3 is 0 Å². The highest BCUT2D eigenvalue weighted by molar-refractivity contribution is 5.32. The van der Waals surface area contributed by atoms with Gasteiger partial charge in [-0.05, 0) is 36.1 Å². The molecule has 0 amide bonds. The highest BCUT2D eigenvalue weighted by atomic mass is 19.2. The van der Waals surface area contributed by atoms with E-state index in [4.69, 9.17) is 0 Å². The lowest BCUT2D eigenvalue weighted by molar-refractivity contribution is -0.0227. The molecule has 0 saturated heterocycles. The van der Waals surface area contributed by atoms with E-state index in [2.05, 4.69) is 0 Å². The first-order valence-electron chi connectivity index (χ1n) is 7.34. The van der Waals surface area contributed by atoms with E-state index < -0.39 is 17.2 Å². The Bertz CT molecular complexity index is 626. The zero-order valence-electron chi connectivity index (χ0n) is 11.7. The zero-order valence-corrected chi connectivity index (χ0v) is 11.7. The topological polar surface area (TPSA) is 20.2 Å². The maximum Gasteiger partial charge on any atom is 0.159 e. The zero-order chi connectivity index (χ0) is 14.9. The number of hydrogen-bond acceptors (Lipinski definition) is 1. The molecule has 1 fully saturated rings. The summed E-state index contributed by atoms with van der Waals surface area (Å²) in [6.07, 6.45) is 3.33. The van der Waals surface area contributed by atoms with Crippen molar-refractivity contribution in [3.63, 3.8) is 0 Å². The average molecular weight is 288 g/mol. The van der Waals surface area contributed by atoms with Crippen LogP contribution in [0.3, 0.4) is 0 Å². The molecule has 1 saturated carbocycles. The van der Waals surface area contributed by atoms with Crippen LogP contribution in [0.5, 0.6) is 0 Å². The second-order valence-electron chi connectivity index (χ2n) is 5.76. The molecule has 0 radical (unpaired) electrons. The second kappa shape index (κ2) is 5.57. The molecule has 2 aromatic rings. The summed E-state index contributed by atoms with van der Waals surface area (Å²) in [6.45, 7) is 0. The predicted molar refractivity (Wildman–Crippen MR) is 77.9 cm³/mol. The lowest BCUT2D eigenvalue weighted by Gasteiger charge is -2.41. The van der Waals surface area contributed by atoms with Crippen molar-refractivity contribution in [2.45, 2.75) is 37.2 Å². The summed E-state index contributed by atoms with van der Waals surface area (Å²) in [5.41, 5.74) is 0.383. The van der Waals surface area contributed by atoms with Gasteiger partial charge in [0.05, 0.1) is 5.60 Å².